The van der Waals surface area contributed by atoms with E-state index in [-0.39, 0.29) is 6.71 Å². The minimum absolute atomic E-state index is 0.0948. The largest absolute Gasteiger partial charge is 0.388 e. The lowest BCUT2D eigenvalue weighted by molar-refractivity contribution is 0.112. The zero-order valence-electron chi connectivity index (χ0n) is 15.1. The van der Waals surface area contributed by atoms with Crippen LogP contribution in [-0.4, -0.2) is 62.0 Å². The number of methoxy groups -OCH3 is 1. The highest BCUT2D eigenvalue weighted by Crippen LogP contribution is 2.27. The van der Waals surface area contributed by atoms with Gasteiger partial charge in [-0.2, -0.15) is 0 Å². The van der Waals surface area contributed by atoms with Crippen LogP contribution in [0, 0.1) is 11.2 Å². The predicted molar refractivity (Wildman–Crippen MR) is 101 cm³/mol. The van der Waals surface area contributed by atoms with Crippen molar-refractivity contribution in [1.29, 1.82) is 5.26 Å². The molecule has 0 bridgehead atoms. The first-order chi connectivity index (χ1) is 11.8. The quantitative estimate of drug-likeness (QED) is 0.594. The fourth-order valence-corrected chi connectivity index (χ4v) is 3.09. The summed E-state index contributed by atoms with van der Waals surface area (Å²) in [6.45, 7) is 1.62. The molecule has 0 N–H and O–H groups in total. The highest BCUT2D eigenvalue weighted by atomic mass is 32.2. The molecular formula is C16H24BN3O4S. The number of carbonyl (C=O) groups excluding carboxylic acids is 1. The molecule has 1 aromatic carbocycles. The number of nitrogens with zero attached hydrogens (tertiary/aromatic N) is 3. The third-order valence-corrected chi connectivity index (χ3v) is 5.21. The molecule has 0 unspecified atom stereocenters. The fraction of sp³-hybridized carbons (Fsp3) is 0.500. The SMILES string of the molecule is CN(c1ccc(N2CCB(C#N)CC2)cc1C=O)S(C)(=O)=O.COC. The van der Waals surface area contributed by atoms with Crippen molar-refractivity contribution in [2.45, 2.75) is 12.6 Å². The lowest BCUT2D eigenvalue weighted by Gasteiger charge is -2.30. The van der Waals surface area contributed by atoms with Gasteiger partial charge < -0.3 is 9.64 Å². The average molecular weight is 365 g/mol. The second-order valence-corrected chi connectivity index (χ2v) is 7.90. The van der Waals surface area contributed by atoms with E-state index in [0.717, 1.165) is 42.0 Å². The van der Waals surface area contributed by atoms with E-state index in [2.05, 4.69) is 15.6 Å². The Morgan fingerprint density at radius 3 is 2.32 bits per heavy atom. The van der Waals surface area contributed by atoms with Crippen LogP contribution in [0.15, 0.2) is 18.2 Å². The molecule has 1 aromatic rings. The number of anilines is 2. The number of hydrogen-bond acceptors (Lipinski definition) is 6. The minimum Gasteiger partial charge on any atom is -0.388 e. The molecule has 0 aromatic heterocycles. The summed E-state index contributed by atoms with van der Waals surface area (Å²) in [5.74, 6) is 2.28. The Balaban J connectivity index is 0.000000970. The van der Waals surface area contributed by atoms with Crippen molar-refractivity contribution in [1.82, 2.24) is 0 Å². The van der Waals surface area contributed by atoms with Crippen molar-refractivity contribution < 1.29 is 17.9 Å². The molecule has 0 radical (unpaired) electrons. The Bertz CT molecular complexity index is 725. The Morgan fingerprint density at radius 2 is 1.88 bits per heavy atom. The summed E-state index contributed by atoms with van der Waals surface area (Å²) in [4.78, 5) is 13.4. The minimum atomic E-state index is -3.41. The van der Waals surface area contributed by atoms with Crippen molar-refractivity contribution in [2.75, 3.05) is 49.8 Å². The molecule has 0 amide bonds. The molecule has 1 saturated heterocycles. The maximum Gasteiger partial charge on any atom is 0.271 e. The van der Waals surface area contributed by atoms with Crippen molar-refractivity contribution in [3.05, 3.63) is 23.8 Å². The first-order valence-corrected chi connectivity index (χ1v) is 9.71. The first kappa shape index (κ1) is 21.0. The van der Waals surface area contributed by atoms with Gasteiger partial charge in [-0.3, -0.25) is 9.10 Å². The van der Waals surface area contributed by atoms with Crippen molar-refractivity contribution in [2.24, 2.45) is 0 Å². The van der Waals surface area contributed by atoms with Crippen molar-refractivity contribution in [3.8, 4) is 5.97 Å². The van der Waals surface area contributed by atoms with E-state index >= 15 is 0 Å². The Labute approximate surface area is 150 Å². The Hall–Kier alpha value is -2.05. The van der Waals surface area contributed by atoms with E-state index in [4.69, 9.17) is 5.26 Å². The Morgan fingerprint density at radius 1 is 1.32 bits per heavy atom. The fourth-order valence-electron chi connectivity index (χ4n) is 2.57. The van der Waals surface area contributed by atoms with Crippen molar-refractivity contribution >= 4 is 34.4 Å². The van der Waals surface area contributed by atoms with E-state index in [0.29, 0.717) is 17.5 Å². The van der Waals surface area contributed by atoms with Crippen LogP contribution >= 0.6 is 0 Å². The normalized spacial score (nSPS) is 14.2. The van der Waals surface area contributed by atoms with Gasteiger partial charge in [-0.05, 0) is 30.8 Å². The molecule has 7 nitrogen and oxygen atoms in total. The molecule has 0 aliphatic carbocycles. The molecule has 1 aliphatic heterocycles. The maximum atomic E-state index is 11.6. The van der Waals surface area contributed by atoms with Crippen LogP contribution < -0.4 is 9.21 Å². The first-order valence-electron chi connectivity index (χ1n) is 7.86. The van der Waals surface area contributed by atoms with E-state index in [1.807, 2.05) is 6.07 Å². The standard InChI is InChI=1S/C14H18BN3O3S.C2H6O/c1-17(22(2,20)21)14-4-3-13(9-12(14)10-19)18-7-5-15(11-16)6-8-18;1-3-2/h3-4,9-10H,5-8H2,1-2H3;1-2H3. The number of benzene rings is 1. The van der Waals surface area contributed by atoms with Crippen molar-refractivity contribution in [3.63, 3.8) is 0 Å². The van der Waals surface area contributed by atoms with Gasteiger partial charge >= 0.3 is 0 Å². The van der Waals surface area contributed by atoms with Gasteiger partial charge in [-0.15, -0.1) is 0 Å². The number of rotatable bonds is 4. The van der Waals surface area contributed by atoms with Crippen LogP contribution in [0.5, 0.6) is 0 Å². The highest BCUT2D eigenvalue weighted by molar-refractivity contribution is 7.92. The molecule has 1 fully saturated rings. The molecule has 1 aliphatic rings. The lowest BCUT2D eigenvalue weighted by atomic mass is 9.45. The third kappa shape index (κ3) is 5.76. The second kappa shape index (κ2) is 9.44. The summed E-state index contributed by atoms with van der Waals surface area (Å²) >= 11 is 0. The van der Waals surface area contributed by atoms with Crippen LogP contribution in [0.25, 0.3) is 0 Å². The molecule has 2 rings (SSSR count). The van der Waals surface area contributed by atoms with Crippen LogP contribution in [0.3, 0.4) is 0 Å². The average Bonchev–Trinajstić information content (AvgIpc) is 2.60. The Kier molecular flexibility index (Phi) is 7.93. The van der Waals surface area contributed by atoms with Crippen LogP contribution in [-0.2, 0) is 14.8 Å². The summed E-state index contributed by atoms with van der Waals surface area (Å²) in [5.41, 5.74) is 1.59. The van der Waals surface area contributed by atoms with Crippen LogP contribution in [0.1, 0.15) is 10.4 Å². The van der Waals surface area contributed by atoms with Crippen LogP contribution in [0.4, 0.5) is 11.4 Å². The number of carbonyl (C=O) groups is 1. The summed E-state index contributed by atoms with van der Waals surface area (Å²) in [6.07, 6.45) is 3.38. The summed E-state index contributed by atoms with van der Waals surface area (Å²) < 4.78 is 28.6. The van der Waals surface area contributed by atoms with E-state index in [9.17, 15) is 13.2 Å². The molecular weight excluding hydrogens is 341 g/mol. The predicted octanol–water partition coefficient (Wildman–Crippen LogP) is 1.54. The number of ether oxygens (including phenoxy) is 1. The van der Waals surface area contributed by atoms with E-state index in [1.54, 1.807) is 26.4 Å². The van der Waals surface area contributed by atoms with Gasteiger partial charge in [0.15, 0.2) is 6.29 Å². The van der Waals surface area contributed by atoms with Gasteiger partial charge in [-0.1, -0.05) is 0 Å². The van der Waals surface area contributed by atoms with Gasteiger partial charge in [-0.25, -0.2) is 13.7 Å². The smallest absolute Gasteiger partial charge is 0.271 e. The van der Waals surface area contributed by atoms with E-state index in [1.165, 1.54) is 7.05 Å². The second-order valence-electron chi connectivity index (χ2n) is 5.89. The third-order valence-electron chi connectivity index (χ3n) is 4.02. The number of nitriles is 1. The molecule has 136 valence electrons. The van der Waals surface area contributed by atoms with Gasteiger partial charge in [0.1, 0.15) is 0 Å². The monoisotopic (exact) mass is 365 g/mol. The lowest BCUT2D eigenvalue weighted by Crippen LogP contribution is -2.36. The van der Waals surface area contributed by atoms with Gasteiger partial charge in [0.25, 0.3) is 6.71 Å². The van der Waals surface area contributed by atoms with Gasteiger partial charge in [0.05, 0.1) is 11.9 Å². The van der Waals surface area contributed by atoms with Gasteiger partial charge in [0.2, 0.25) is 10.0 Å². The van der Waals surface area contributed by atoms with Crippen LogP contribution in [0.2, 0.25) is 12.6 Å². The molecule has 25 heavy (non-hydrogen) atoms. The molecule has 9 heteroatoms. The topological polar surface area (TPSA) is 90.7 Å². The molecule has 1 heterocycles. The molecule has 0 saturated carbocycles. The zero-order valence-corrected chi connectivity index (χ0v) is 15.9. The summed E-state index contributed by atoms with van der Waals surface area (Å²) in [6, 6.07) is 5.17. The summed E-state index contributed by atoms with van der Waals surface area (Å²) in [5, 5.41) is 8.93. The zero-order chi connectivity index (χ0) is 19.0. The molecule has 0 atom stereocenters. The summed E-state index contributed by atoms with van der Waals surface area (Å²) in [7, 11) is 1.26. The molecule has 0 spiro atoms. The maximum absolute atomic E-state index is 11.6. The van der Waals surface area contributed by atoms with Gasteiger partial charge in [0, 0.05) is 51.6 Å². The number of hydrogen-bond donors (Lipinski definition) is 0. The number of sulfonamides is 1. The van der Waals surface area contributed by atoms with E-state index < -0.39 is 10.0 Å². The highest BCUT2D eigenvalue weighted by Gasteiger charge is 2.23. The number of aldehydes is 1.